The Hall–Kier alpha value is -0.790. The minimum Gasteiger partial charge on any atom is -0.379 e. The van der Waals surface area contributed by atoms with Gasteiger partial charge in [0.2, 0.25) is 0 Å². The van der Waals surface area contributed by atoms with Crippen molar-refractivity contribution in [3.8, 4) is 0 Å². The van der Waals surface area contributed by atoms with Crippen LogP contribution in [0.1, 0.15) is 103 Å². The molecule has 3 N–H and O–H groups in total. The van der Waals surface area contributed by atoms with E-state index in [0.717, 1.165) is 39.1 Å². The summed E-state index contributed by atoms with van der Waals surface area (Å²) in [6.45, 7) is 6.23. The molecule has 6 nitrogen and oxygen atoms in total. The lowest BCUT2D eigenvalue weighted by atomic mass is 10.0. The van der Waals surface area contributed by atoms with Gasteiger partial charge in [-0.15, -0.1) is 0 Å². The number of morpholine rings is 1. The molecule has 2 amide bonds. The molecule has 0 spiro atoms. The monoisotopic (exact) mass is 485 g/mol. The second-order valence-electron chi connectivity index (χ2n) is 9.35. The van der Waals surface area contributed by atoms with E-state index in [4.69, 9.17) is 10.5 Å². The van der Waals surface area contributed by atoms with Gasteiger partial charge in [-0.1, -0.05) is 77.6 Å². The minimum absolute atomic E-state index is 0.435. The number of nitrogens with two attached hydrogens (primary N) is 1. The highest BCUT2D eigenvalue weighted by atomic mass is 32.2. The van der Waals surface area contributed by atoms with Crippen molar-refractivity contribution in [1.29, 1.82) is 0 Å². The van der Waals surface area contributed by atoms with Crippen molar-refractivity contribution in [3.05, 3.63) is 0 Å². The largest absolute Gasteiger partial charge is 0.379 e. The lowest BCUT2D eigenvalue weighted by molar-refractivity contribution is -0.137. The predicted molar refractivity (Wildman–Crippen MR) is 141 cm³/mol. The van der Waals surface area contributed by atoms with Crippen LogP contribution in [0, 0.1) is 0 Å². The fraction of sp³-hybridized carbons (Fsp3) is 0.923. The Kier molecular flexibility index (Phi) is 19.9. The lowest BCUT2D eigenvalue weighted by Crippen LogP contribution is -2.45. The molecule has 1 rings (SSSR count). The van der Waals surface area contributed by atoms with Gasteiger partial charge in [0.05, 0.1) is 13.2 Å². The Labute approximate surface area is 207 Å². The maximum Gasteiger partial charge on any atom is 0.309 e. The second kappa shape index (κ2) is 21.7. The molecular weight excluding hydrogens is 434 g/mol. The molecule has 0 aromatic rings. The van der Waals surface area contributed by atoms with Gasteiger partial charge in [-0.05, 0) is 37.2 Å². The number of unbranched alkanes of at least 4 members (excludes halogenated alkanes) is 11. The molecule has 0 radical (unpaired) electrons. The van der Waals surface area contributed by atoms with Crippen molar-refractivity contribution in [3.63, 3.8) is 0 Å². The van der Waals surface area contributed by atoms with Crippen LogP contribution >= 0.6 is 11.8 Å². The number of carbonyl (C=O) groups excluding carboxylic acids is 2. The lowest BCUT2D eigenvalue weighted by Gasteiger charge is -2.34. The van der Waals surface area contributed by atoms with E-state index < -0.39 is 11.8 Å². The third-order valence-electron chi connectivity index (χ3n) is 6.52. The second-order valence-corrected chi connectivity index (χ2v) is 10.6. The first-order valence-electron chi connectivity index (χ1n) is 13.6. The molecule has 1 aliphatic heterocycles. The Bertz CT molecular complexity index is 487. The molecule has 1 heterocycles. The summed E-state index contributed by atoms with van der Waals surface area (Å²) in [7, 11) is 0. The number of hydrogen-bond acceptors (Lipinski definition) is 5. The van der Waals surface area contributed by atoms with Crippen LogP contribution in [0.2, 0.25) is 0 Å². The molecule has 1 saturated heterocycles. The summed E-state index contributed by atoms with van der Waals surface area (Å²) in [4.78, 5) is 24.8. The number of nitrogens with one attached hydrogen (secondary N) is 1. The highest BCUT2D eigenvalue weighted by Gasteiger charge is 2.21. The molecule has 1 unspecified atom stereocenters. The summed E-state index contributed by atoms with van der Waals surface area (Å²) in [5.41, 5.74) is 5.02. The average molecular weight is 486 g/mol. The van der Waals surface area contributed by atoms with Crippen molar-refractivity contribution in [2.24, 2.45) is 5.73 Å². The predicted octanol–water partition coefficient (Wildman–Crippen LogP) is 4.89. The van der Waals surface area contributed by atoms with Gasteiger partial charge in [-0.3, -0.25) is 14.5 Å². The van der Waals surface area contributed by atoms with Crippen molar-refractivity contribution in [2.45, 2.75) is 109 Å². The Morgan fingerprint density at radius 1 is 0.848 bits per heavy atom. The number of ether oxygens (including phenoxy) is 1. The summed E-state index contributed by atoms with van der Waals surface area (Å²) in [5.74, 6) is 1.06. The summed E-state index contributed by atoms with van der Waals surface area (Å²) in [6, 6.07) is 0.435. The van der Waals surface area contributed by atoms with Gasteiger partial charge in [-0.25, -0.2) is 0 Å². The van der Waals surface area contributed by atoms with E-state index in [1.165, 1.54) is 95.0 Å². The van der Waals surface area contributed by atoms with E-state index in [2.05, 4.69) is 28.9 Å². The normalized spacial score (nSPS) is 15.4. The summed E-state index contributed by atoms with van der Waals surface area (Å²) in [6.07, 6.45) is 19.7. The van der Waals surface area contributed by atoms with E-state index in [1.54, 1.807) is 0 Å². The number of nitrogens with zero attached hydrogens (tertiary/aromatic N) is 1. The maximum atomic E-state index is 11.4. The molecule has 1 atom stereocenters. The van der Waals surface area contributed by atoms with Crippen LogP contribution < -0.4 is 11.1 Å². The van der Waals surface area contributed by atoms with Gasteiger partial charge in [0.15, 0.2) is 0 Å². The van der Waals surface area contributed by atoms with Crippen LogP contribution in [-0.2, 0) is 14.3 Å². The topological polar surface area (TPSA) is 84.7 Å². The number of carbonyl (C=O) groups is 2. The van der Waals surface area contributed by atoms with Crippen molar-refractivity contribution >= 4 is 23.6 Å². The zero-order valence-electron chi connectivity index (χ0n) is 21.3. The quantitative estimate of drug-likeness (QED) is 0.179. The van der Waals surface area contributed by atoms with E-state index in [9.17, 15) is 9.59 Å². The zero-order chi connectivity index (χ0) is 24.0. The standard InChI is InChI=1S/C26H51N3O3S/c1-2-3-4-5-6-7-10-13-22-33-23-14-11-8-9-12-15-24(29-18-20-32-21-19-29)16-17-28-26(31)25(27)30/h24H,2-23H2,1H3,(H2,27,30)(H,28,31). The fourth-order valence-corrected chi connectivity index (χ4v) is 5.47. The summed E-state index contributed by atoms with van der Waals surface area (Å²) >= 11 is 2.14. The Morgan fingerprint density at radius 3 is 1.97 bits per heavy atom. The first-order chi connectivity index (χ1) is 16.1. The number of amides is 2. The van der Waals surface area contributed by atoms with Crippen molar-refractivity contribution in [1.82, 2.24) is 10.2 Å². The minimum atomic E-state index is -0.908. The van der Waals surface area contributed by atoms with Crippen molar-refractivity contribution < 1.29 is 14.3 Å². The molecule has 194 valence electrons. The average Bonchev–Trinajstić information content (AvgIpc) is 2.83. The molecule has 0 aliphatic carbocycles. The first kappa shape index (κ1) is 30.2. The molecule has 0 aromatic heterocycles. The van der Waals surface area contributed by atoms with Gasteiger partial charge >= 0.3 is 11.8 Å². The fourth-order valence-electron chi connectivity index (χ4n) is 4.45. The highest BCUT2D eigenvalue weighted by molar-refractivity contribution is 7.99. The molecular formula is C26H51N3O3S. The van der Waals surface area contributed by atoms with E-state index in [0.29, 0.717) is 12.6 Å². The first-order valence-corrected chi connectivity index (χ1v) is 14.8. The van der Waals surface area contributed by atoms with Crippen LogP contribution in [0.3, 0.4) is 0 Å². The van der Waals surface area contributed by atoms with Crippen LogP contribution in [0.15, 0.2) is 0 Å². The van der Waals surface area contributed by atoms with E-state index >= 15 is 0 Å². The van der Waals surface area contributed by atoms with Crippen LogP contribution in [-0.4, -0.2) is 67.1 Å². The van der Waals surface area contributed by atoms with Gasteiger partial charge in [-0.2, -0.15) is 11.8 Å². The smallest absolute Gasteiger partial charge is 0.309 e. The van der Waals surface area contributed by atoms with Crippen LogP contribution in [0.25, 0.3) is 0 Å². The highest BCUT2D eigenvalue weighted by Crippen LogP contribution is 2.17. The molecule has 0 saturated carbocycles. The molecule has 0 bridgehead atoms. The van der Waals surface area contributed by atoms with Gasteiger partial charge < -0.3 is 15.8 Å². The number of primary amides is 1. The van der Waals surface area contributed by atoms with Crippen LogP contribution in [0.5, 0.6) is 0 Å². The zero-order valence-corrected chi connectivity index (χ0v) is 22.1. The Morgan fingerprint density at radius 2 is 1.39 bits per heavy atom. The van der Waals surface area contributed by atoms with Crippen molar-refractivity contribution in [2.75, 3.05) is 44.4 Å². The summed E-state index contributed by atoms with van der Waals surface area (Å²) < 4.78 is 5.48. The SMILES string of the molecule is CCCCCCCCCCSCCCCCCCC(CCNC(=O)C(N)=O)N1CCOCC1. The van der Waals surface area contributed by atoms with Gasteiger partial charge in [0.1, 0.15) is 0 Å². The number of hydrogen-bond donors (Lipinski definition) is 2. The third kappa shape index (κ3) is 17.3. The van der Waals surface area contributed by atoms with Crippen LogP contribution in [0.4, 0.5) is 0 Å². The molecule has 33 heavy (non-hydrogen) atoms. The molecule has 7 heteroatoms. The van der Waals surface area contributed by atoms with E-state index in [1.807, 2.05) is 0 Å². The number of rotatable bonds is 21. The van der Waals surface area contributed by atoms with Gasteiger partial charge in [0, 0.05) is 25.7 Å². The molecule has 0 aromatic carbocycles. The number of thioether (sulfide) groups is 1. The molecule has 1 fully saturated rings. The third-order valence-corrected chi connectivity index (χ3v) is 7.67. The summed E-state index contributed by atoms with van der Waals surface area (Å²) in [5, 5.41) is 2.63. The van der Waals surface area contributed by atoms with E-state index in [-0.39, 0.29) is 0 Å². The Balaban J connectivity index is 1.99. The molecule has 1 aliphatic rings. The van der Waals surface area contributed by atoms with Gasteiger partial charge in [0.25, 0.3) is 0 Å². The maximum absolute atomic E-state index is 11.4.